The lowest BCUT2D eigenvalue weighted by molar-refractivity contribution is 0.350. The van der Waals surface area contributed by atoms with Crippen LogP contribution in [0.25, 0.3) is 0 Å². The van der Waals surface area contributed by atoms with Crippen LogP contribution in [0.1, 0.15) is 25.7 Å². The zero-order chi connectivity index (χ0) is 6.97. The van der Waals surface area contributed by atoms with Crippen molar-refractivity contribution in [1.29, 1.82) is 5.26 Å². The van der Waals surface area contributed by atoms with Crippen molar-refractivity contribution in [2.45, 2.75) is 37.8 Å². The molecule has 1 N–H and O–H groups in total. The molecule has 0 spiro atoms. The van der Waals surface area contributed by atoms with Gasteiger partial charge in [0.1, 0.15) is 0 Å². The Hall–Kier alpha value is -0.260. The molecule has 2 rings (SSSR count). The number of nitrogens with zero attached hydrogens (tertiary/aromatic N) is 1. The lowest BCUT2D eigenvalue weighted by atomic mass is 9.94. The highest BCUT2D eigenvalue weighted by atomic mass is 35.5. The van der Waals surface area contributed by atoms with E-state index in [1.54, 1.807) is 0 Å². The molecule has 0 aromatic heterocycles. The topological polar surface area (TPSA) is 35.8 Å². The van der Waals surface area contributed by atoms with Gasteiger partial charge in [-0.05, 0) is 25.7 Å². The molecular formula is C8H13ClN2. The van der Waals surface area contributed by atoms with Crippen LogP contribution in [0, 0.1) is 17.2 Å². The largest absolute Gasteiger partial charge is 0.311 e. The summed E-state index contributed by atoms with van der Waals surface area (Å²) in [5, 5.41) is 12.2. The Balaban J connectivity index is 0.000000605. The van der Waals surface area contributed by atoms with Gasteiger partial charge in [-0.15, -0.1) is 12.4 Å². The van der Waals surface area contributed by atoms with Gasteiger partial charge in [0.2, 0.25) is 0 Å². The fraction of sp³-hybridized carbons (Fsp3) is 0.875. The highest BCUT2D eigenvalue weighted by Crippen LogP contribution is 2.29. The van der Waals surface area contributed by atoms with Crippen LogP contribution in [0.3, 0.4) is 0 Å². The van der Waals surface area contributed by atoms with Gasteiger partial charge in [0.15, 0.2) is 0 Å². The summed E-state index contributed by atoms with van der Waals surface area (Å²) in [5.74, 6) is 0.346. The van der Waals surface area contributed by atoms with Crippen molar-refractivity contribution in [3.8, 4) is 6.07 Å². The van der Waals surface area contributed by atoms with Crippen LogP contribution in [0.4, 0.5) is 0 Å². The molecule has 0 amide bonds. The van der Waals surface area contributed by atoms with Crippen LogP contribution < -0.4 is 5.32 Å². The van der Waals surface area contributed by atoms with Crippen LogP contribution in [0.2, 0.25) is 0 Å². The predicted molar refractivity (Wildman–Crippen MR) is 45.5 cm³/mol. The fourth-order valence-corrected chi connectivity index (χ4v) is 2.16. The van der Waals surface area contributed by atoms with Crippen LogP contribution in [-0.2, 0) is 0 Å². The zero-order valence-electron chi connectivity index (χ0n) is 6.42. The Morgan fingerprint density at radius 1 is 1.18 bits per heavy atom. The van der Waals surface area contributed by atoms with E-state index in [0.717, 1.165) is 12.8 Å². The van der Waals surface area contributed by atoms with E-state index in [1.165, 1.54) is 12.8 Å². The molecule has 2 bridgehead atoms. The molecular weight excluding hydrogens is 160 g/mol. The summed E-state index contributed by atoms with van der Waals surface area (Å²) in [4.78, 5) is 0. The van der Waals surface area contributed by atoms with Crippen LogP contribution in [0.15, 0.2) is 0 Å². The maximum Gasteiger partial charge on any atom is 0.0657 e. The molecule has 2 aliphatic heterocycles. The molecule has 2 nitrogen and oxygen atoms in total. The average molecular weight is 173 g/mol. The summed E-state index contributed by atoms with van der Waals surface area (Å²) in [6.07, 6.45) is 4.77. The molecule has 3 atom stereocenters. The molecule has 2 aliphatic rings. The van der Waals surface area contributed by atoms with Gasteiger partial charge < -0.3 is 5.32 Å². The molecule has 0 saturated carbocycles. The van der Waals surface area contributed by atoms with E-state index in [1.807, 2.05) is 0 Å². The highest BCUT2D eigenvalue weighted by molar-refractivity contribution is 5.85. The molecule has 3 heteroatoms. The van der Waals surface area contributed by atoms with E-state index >= 15 is 0 Å². The molecule has 0 radical (unpaired) electrons. The third kappa shape index (κ3) is 1.66. The average Bonchev–Trinajstić information content (AvgIpc) is 2.30. The molecule has 2 fully saturated rings. The van der Waals surface area contributed by atoms with Crippen LogP contribution in [-0.4, -0.2) is 12.1 Å². The maximum absolute atomic E-state index is 8.68. The Kier molecular flexibility index (Phi) is 2.75. The SMILES string of the molecule is Cl.N#CC1C[C@H]2CC[C@@H](C1)N2. The monoisotopic (exact) mass is 172 g/mol. The smallest absolute Gasteiger partial charge is 0.0657 e. The number of nitrogens with one attached hydrogen (secondary N) is 1. The second-order valence-corrected chi connectivity index (χ2v) is 3.44. The first kappa shape index (κ1) is 8.83. The van der Waals surface area contributed by atoms with Crippen LogP contribution >= 0.6 is 12.4 Å². The quantitative estimate of drug-likeness (QED) is 0.601. The molecule has 0 aromatic carbocycles. The van der Waals surface area contributed by atoms with Gasteiger partial charge in [0.25, 0.3) is 0 Å². The van der Waals surface area contributed by atoms with Crippen molar-refractivity contribution in [2.24, 2.45) is 5.92 Å². The molecule has 11 heavy (non-hydrogen) atoms. The highest BCUT2D eigenvalue weighted by Gasteiger charge is 2.33. The number of fused-ring (bicyclic) bond motifs is 2. The minimum atomic E-state index is 0. The first-order valence-electron chi connectivity index (χ1n) is 4.04. The van der Waals surface area contributed by atoms with Gasteiger partial charge in [-0.25, -0.2) is 0 Å². The summed E-state index contributed by atoms with van der Waals surface area (Å²) >= 11 is 0. The summed E-state index contributed by atoms with van der Waals surface area (Å²) in [6, 6.07) is 3.70. The number of rotatable bonds is 0. The first-order chi connectivity index (χ1) is 4.88. The van der Waals surface area contributed by atoms with Gasteiger partial charge >= 0.3 is 0 Å². The standard InChI is InChI=1S/C8H12N2.ClH/c9-5-6-3-7-1-2-8(4-6)10-7;/h6-8,10H,1-4H2;1H/t6?,7-,8+;. The number of nitriles is 1. The van der Waals surface area contributed by atoms with Gasteiger partial charge in [-0.3, -0.25) is 0 Å². The minimum Gasteiger partial charge on any atom is -0.311 e. The molecule has 62 valence electrons. The molecule has 2 heterocycles. The van der Waals surface area contributed by atoms with Crippen molar-refractivity contribution < 1.29 is 0 Å². The number of halogens is 1. The predicted octanol–water partition coefficient (Wildman–Crippen LogP) is 1.46. The van der Waals surface area contributed by atoms with Gasteiger partial charge in [-0.2, -0.15) is 5.26 Å². The third-order valence-electron chi connectivity index (χ3n) is 2.66. The number of hydrogen-bond acceptors (Lipinski definition) is 2. The van der Waals surface area contributed by atoms with Gasteiger partial charge in [0, 0.05) is 18.0 Å². The Bertz CT molecular complexity index is 163. The van der Waals surface area contributed by atoms with E-state index in [4.69, 9.17) is 5.26 Å². The van der Waals surface area contributed by atoms with E-state index in [2.05, 4.69) is 11.4 Å². The lowest BCUT2D eigenvalue weighted by Crippen LogP contribution is -2.37. The summed E-state index contributed by atoms with van der Waals surface area (Å²) < 4.78 is 0. The van der Waals surface area contributed by atoms with E-state index < -0.39 is 0 Å². The summed E-state index contributed by atoms with van der Waals surface area (Å²) in [7, 11) is 0. The fourth-order valence-electron chi connectivity index (χ4n) is 2.16. The Morgan fingerprint density at radius 2 is 1.73 bits per heavy atom. The van der Waals surface area contributed by atoms with Crippen LogP contribution in [0.5, 0.6) is 0 Å². The maximum atomic E-state index is 8.68. The first-order valence-corrected chi connectivity index (χ1v) is 4.04. The van der Waals surface area contributed by atoms with Crippen molar-refractivity contribution >= 4 is 12.4 Å². The molecule has 2 saturated heterocycles. The molecule has 0 aliphatic carbocycles. The van der Waals surface area contributed by atoms with Gasteiger partial charge in [0.05, 0.1) is 6.07 Å². The second-order valence-electron chi connectivity index (χ2n) is 3.44. The third-order valence-corrected chi connectivity index (χ3v) is 2.66. The normalized spacial score (nSPS) is 40.8. The minimum absolute atomic E-state index is 0. The zero-order valence-corrected chi connectivity index (χ0v) is 7.23. The van der Waals surface area contributed by atoms with Crippen molar-refractivity contribution in [1.82, 2.24) is 5.32 Å². The molecule has 1 unspecified atom stereocenters. The van der Waals surface area contributed by atoms with Crippen molar-refractivity contribution in [3.63, 3.8) is 0 Å². The van der Waals surface area contributed by atoms with E-state index in [-0.39, 0.29) is 12.4 Å². The summed E-state index contributed by atoms with van der Waals surface area (Å²) in [5.41, 5.74) is 0. The van der Waals surface area contributed by atoms with E-state index in [9.17, 15) is 0 Å². The number of piperidine rings is 1. The van der Waals surface area contributed by atoms with E-state index in [0.29, 0.717) is 18.0 Å². The number of hydrogen-bond donors (Lipinski definition) is 1. The summed E-state index contributed by atoms with van der Waals surface area (Å²) in [6.45, 7) is 0. The lowest BCUT2D eigenvalue weighted by Gasteiger charge is -2.24. The van der Waals surface area contributed by atoms with Gasteiger partial charge in [-0.1, -0.05) is 0 Å². The molecule has 0 aromatic rings. The van der Waals surface area contributed by atoms with Crippen molar-refractivity contribution in [2.75, 3.05) is 0 Å². The van der Waals surface area contributed by atoms with Crippen molar-refractivity contribution in [3.05, 3.63) is 0 Å². The Morgan fingerprint density at radius 3 is 2.18 bits per heavy atom. The Labute approximate surface area is 73.4 Å². The second kappa shape index (κ2) is 3.42.